The molecular formula is C15H13Cl2F2N. The first-order valence-corrected chi connectivity index (χ1v) is 6.94. The van der Waals surface area contributed by atoms with Crippen molar-refractivity contribution in [1.82, 2.24) is 0 Å². The maximum absolute atomic E-state index is 13.7. The number of benzene rings is 2. The van der Waals surface area contributed by atoms with Crippen LogP contribution in [0.1, 0.15) is 24.9 Å². The molecule has 0 amide bonds. The monoisotopic (exact) mass is 315 g/mol. The summed E-state index contributed by atoms with van der Waals surface area (Å²) < 4.78 is 26.9. The second-order valence-electron chi connectivity index (χ2n) is 4.38. The van der Waals surface area contributed by atoms with E-state index in [0.29, 0.717) is 16.5 Å². The van der Waals surface area contributed by atoms with Crippen LogP contribution >= 0.6 is 23.2 Å². The van der Waals surface area contributed by atoms with Crippen molar-refractivity contribution < 1.29 is 8.78 Å². The Morgan fingerprint density at radius 1 is 1.10 bits per heavy atom. The van der Waals surface area contributed by atoms with Crippen LogP contribution in [0.4, 0.5) is 14.5 Å². The van der Waals surface area contributed by atoms with E-state index in [1.165, 1.54) is 12.1 Å². The van der Waals surface area contributed by atoms with Gasteiger partial charge in [0.15, 0.2) is 11.6 Å². The number of rotatable bonds is 4. The number of hydrogen-bond acceptors (Lipinski definition) is 1. The van der Waals surface area contributed by atoms with Crippen molar-refractivity contribution in [3.05, 3.63) is 63.6 Å². The standard InChI is InChI=1S/C15H13Cl2F2N/c1-2-13(9-6-7-10(16)11(17)8-9)20-14-5-3-4-12(18)15(14)19/h3-8,13,20H,2H2,1H3. The van der Waals surface area contributed by atoms with E-state index >= 15 is 0 Å². The molecule has 0 aromatic heterocycles. The van der Waals surface area contributed by atoms with Crippen molar-refractivity contribution in [1.29, 1.82) is 0 Å². The van der Waals surface area contributed by atoms with Crippen molar-refractivity contribution in [2.45, 2.75) is 19.4 Å². The lowest BCUT2D eigenvalue weighted by Gasteiger charge is -2.19. The van der Waals surface area contributed by atoms with Crippen molar-refractivity contribution in [2.24, 2.45) is 0 Å². The molecule has 5 heteroatoms. The third-order valence-corrected chi connectivity index (χ3v) is 3.77. The van der Waals surface area contributed by atoms with E-state index in [-0.39, 0.29) is 11.7 Å². The Balaban J connectivity index is 2.28. The van der Waals surface area contributed by atoms with Gasteiger partial charge >= 0.3 is 0 Å². The molecule has 0 fully saturated rings. The second kappa shape index (κ2) is 6.42. The first-order chi connectivity index (χ1) is 9.52. The molecule has 0 saturated heterocycles. The minimum atomic E-state index is -0.883. The Morgan fingerprint density at radius 3 is 2.50 bits per heavy atom. The van der Waals surface area contributed by atoms with Gasteiger partial charge in [0.25, 0.3) is 0 Å². The molecule has 2 aromatic rings. The number of anilines is 1. The first kappa shape index (κ1) is 15.1. The fraction of sp³-hybridized carbons (Fsp3) is 0.200. The smallest absolute Gasteiger partial charge is 0.181 e. The van der Waals surface area contributed by atoms with Crippen LogP contribution in [0, 0.1) is 11.6 Å². The molecule has 2 aromatic carbocycles. The highest BCUT2D eigenvalue weighted by Crippen LogP contribution is 2.30. The molecule has 2 rings (SSSR count). The van der Waals surface area contributed by atoms with Crippen molar-refractivity contribution in [3.8, 4) is 0 Å². The Labute approximate surface area is 126 Å². The minimum Gasteiger partial charge on any atom is -0.376 e. The molecular weight excluding hydrogens is 303 g/mol. The lowest BCUT2D eigenvalue weighted by molar-refractivity contribution is 0.509. The van der Waals surface area contributed by atoms with E-state index in [2.05, 4.69) is 5.32 Å². The summed E-state index contributed by atoms with van der Waals surface area (Å²) in [6.07, 6.45) is 0.688. The summed E-state index contributed by atoms with van der Waals surface area (Å²) in [5.41, 5.74) is 0.994. The van der Waals surface area contributed by atoms with Crippen LogP contribution in [0.25, 0.3) is 0 Å². The fourth-order valence-corrected chi connectivity index (χ4v) is 2.26. The molecule has 1 atom stereocenters. The van der Waals surface area contributed by atoms with Gasteiger partial charge in [-0.15, -0.1) is 0 Å². The summed E-state index contributed by atoms with van der Waals surface area (Å²) in [4.78, 5) is 0. The van der Waals surface area contributed by atoms with Gasteiger partial charge in [-0.2, -0.15) is 0 Å². The lowest BCUT2D eigenvalue weighted by Crippen LogP contribution is -2.11. The fourth-order valence-electron chi connectivity index (χ4n) is 1.95. The highest BCUT2D eigenvalue weighted by Gasteiger charge is 2.14. The highest BCUT2D eigenvalue weighted by atomic mass is 35.5. The largest absolute Gasteiger partial charge is 0.376 e. The van der Waals surface area contributed by atoms with Crippen LogP contribution in [0.3, 0.4) is 0 Å². The van der Waals surface area contributed by atoms with E-state index in [0.717, 1.165) is 11.6 Å². The molecule has 0 bridgehead atoms. The SMILES string of the molecule is CCC(Nc1cccc(F)c1F)c1ccc(Cl)c(Cl)c1. The third-order valence-electron chi connectivity index (χ3n) is 3.04. The molecule has 106 valence electrons. The van der Waals surface area contributed by atoms with Gasteiger partial charge in [-0.05, 0) is 36.2 Å². The molecule has 0 aliphatic heterocycles. The zero-order valence-corrected chi connectivity index (χ0v) is 12.3. The molecule has 0 heterocycles. The van der Waals surface area contributed by atoms with Crippen LogP contribution in [0.2, 0.25) is 10.0 Å². The Bertz CT molecular complexity index is 617. The van der Waals surface area contributed by atoms with Crippen molar-refractivity contribution in [3.63, 3.8) is 0 Å². The maximum Gasteiger partial charge on any atom is 0.181 e. The highest BCUT2D eigenvalue weighted by molar-refractivity contribution is 6.42. The number of nitrogens with one attached hydrogen (secondary N) is 1. The minimum absolute atomic E-state index is 0.128. The van der Waals surface area contributed by atoms with Gasteiger partial charge < -0.3 is 5.32 Å². The lowest BCUT2D eigenvalue weighted by atomic mass is 10.0. The number of halogens is 4. The summed E-state index contributed by atoms with van der Waals surface area (Å²) >= 11 is 11.9. The zero-order valence-electron chi connectivity index (χ0n) is 10.8. The topological polar surface area (TPSA) is 12.0 Å². The van der Waals surface area contributed by atoms with Crippen molar-refractivity contribution >= 4 is 28.9 Å². The van der Waals surface area contributed by atoms with Crippen LogP contribution in [0.15, 0.2) is 36.4 Å². The Morgan fingerprint density at radius 2 is 1.85 bits per heavy atom. The van der Waals surface area contributed by atoms with Gasteiger partial charge in [-0.1, -0.05) is 42.3 Å². The zero-order chi connectivity index (χ0) is 14.7. The summed E-state index contributed by atoms with van der Waals surface area (Å²) in [7, 11) is 0. The van der Waals surface area contributed by atoms with Gasteiger partial charge in [0.1, 0.15) is 0 Å². The molecule has 0 saturated carbocycles. The van der Waals surface area contributed by atoms with E-state index < -0.39 is 11.6 Å². The molecule has 20 heavy (non-hydrogen) atoms. The van der Waals surface area contributed by atoms with Gasteiger partial charge in [-0.25, -0.2) is 8.78 Å². The van der Waals surface area contributed by atoms with E-state index in [1.54, 1.807) is 12.1 Å². The molecule has 0 aliphatic carbocycles. The number of hydrogen-bond donors (Lipinski definition) is 1. The van der Waals surface area contributed by atoms with Crippen LogP contribution in [-0.4, -0.2) is 0 Å². The Kier molecular flexibility index (Phi) is 4.84. The summed E-state index contributed by atoms with van der Waals surface area (Å²) in [6, 6.07) is 9.09. The normalized spacial score (nSPS) is 12.2. The molecule has 0 radical (unpaired) electrons. The quantitative estimate of drug-likeness (QED) is 0.748. The van der Waals surface area contributed by atoms with Gasteiger partial charge in [-0.3, -0.25) is 0 Å². The molecule has 0 aliphatic rings. The first-order valence-electron chi connectivity index (χ1n) is 6.18. The van der Waals surface area contributed by atoms with Crippen LogP contribution in [0.5, 0.6) is 0 Å². The second-order valence-corrected chi connectivity index (χ2v) is 5.19. The molecule has 1 unspecified atom stereocenters. The van der Waals surface area contributed by atoms with Gasteiger partial charge in [0.05, 0.1) is 21.8 Å². The van der Waals surface area contributed by atoms with E-state index in [4.69, 9.17) is 23.2 Å². The van der Waals surface area contributed by atoms with Gasteiger partial charge in [0, 0.05) is 0 Å². The average Bonchev–Trinajstić information content (AvgIpc) is 2.44. The van der Waals surface area contributed by atoms with Crippen LogP contribution in [-0.2, 0) is 0 Å². The van der Waals surface area contributed by atoms with E-state index in [1.807, 2.05) is 13.0 Å². The predicted octanol–water partition coefficient (Wildman–Crippen LogP) is 5.83. The van der Waals surface area contributed by atoms with Crippen LogP contribution < -0.4 is 5.32 Å². The summed E-state index contributed by atoms with van der Waals surface area (Å²) in [6.45, 7) is 1.94. The third kappa shape index (κ3) is 3.22. The van der Waals surface area contributed by atoms with E-state index in [9.17, 15) is 8.78 Å². The summed E-state index contributed by atoms with van der Waals surface area (Å²) in [5.74, 6) is -1.76. The predicted molar refractivity (Wildman–Crippen MR) is 79.5 cm³/mol. The summed E-state index contributed by atoms with van der Waals surface area (Å²) in [5, 5.41) is 3.88. The molecule has 1 N–H and O–H groups in total. The van der Waals surface area contributed by atoms with Gasteiger partial charge in [0.2, 0.25) is 0 Å². The maximum atomic E-state index is 13.7. The molecule has 1 nitrogen and oxygen atoms in total. The average molecular weight is 316 g/mol. The van der Waals surface area contributed by atoms with Crippen molar-refractivity contribution in [2.75, 3.05) is 5.32 Å². The molecule has 0 spiro atoms. The Hall–Kier alpha value is -1.32.